The molecule has 0 aromatic heterocycles. The second-order valence-corrected chi connectivity index (χ2v) is 4.56. The van der Waals surface area contributed by atoms with Crippen molar-refractivity contribution in [3.8, 4) is 11.8 Å². The van der Waals surface area contributed by atoms with Gasteiger partial charge in [0.1, 0.15) is 5.75 Å². The van der Waals surface area contributed by atoms with E-state index in [2.05, 4.69) is 5.32 Å². The fraction of sp³-hybridized carbons (Fsp3) is 0.429. The monoisotopic (exact) mass is 296 g/mol. The molecular weight excluding hydrogens is 280 g/mol. The lowest BCUT2D eigenvalue weighted by Crippen LogP contribution is -2.37. The largest absolute Gasteiger partial charge is 0.479 e. The summed E-state index contributed by atoms with van der Waals surface area (Å²) in [5, 5.41) is 11.8. The summed E-state index contributed by atoms with van der Waals surface area (Å²) >= 11 is 5.98. The van der Waals surface area contributed by atoms with Crippen molar-refractivity contribution in [3.63, 3.8) is 0 Å². The molecule has 20 heavy (non-hydrogen) atoms. The molecule has 0 spiro atoms. The van der Waals surface area contributed by atoms with Crippen molar-refractivity contribution in [2.24, 2.45) is 0 Å². The van der Waals surface area contributed by atoms with Gasteiger partial charge >= 0.3 is 0 Å². The number of halogens is 1. The molecule has 0 fully saturated rings. The molecule has 1 amide bonds. The SMILES string of the molecule is COCCCNC(=O)C(C)Oc1ccc(C#N)cc1Cl. The Bertz CT molecular complexity index is 500. The van der Waals surface area contributed by atoms with Crippen molar-refractivity contribution in [2.45, 2.75) is 19.4 Å². The zero-order chi connectivity index (χ0) is 15.0. The van der Waals surface area contributed by atoms with Crippen LogP contribution in [-0.2, 0) is 9.53 Å². The number of amides is 1. The highest BCUT2D eigenvalue weighted by molar-refractivity contribution is 6.32. The lowest BCUT2D eigenvalue weighted by molar-refractivity contribution is -0.127. The normalized spacial score (nSPS) is 11.5. The number of methoxy groups -OCH3 is 1. The first-order chi connectivity index (χ1) is 9.58. The smallest absolute Gasteiger partial charge is 0.260 e. The van der Waals surface area contributed by atoms with E-state index in [-0.39, 0.29) is 5.91 Å². The number of hydrogen-bond donors (Lipinski definition) is 1. The summed E-state index contributed by atoms with van der Waals surface area (Å²) in [4.78, 5) is 11.8. The Hall–Kier alpha value is -1.77. The van der Waals surface area contributed by atoms with E-state index in [0.717, 1.165) is 6.42 Å². The number of nitriles is 1. The molecule has 1 N–H and O–H groups in total. The quantitative estimate of drug-likeness (QED) is 0.783. The van der Waals surface area contributed by atoms with E-state index in [1.165, 1.54) is 6.07 Å². The maximum atomic E-state index is 11.8. The molecule has 0 saturated carbocycles. The van der Waals surface area contributed by atoms with Crippen LogP contribution < -0.4 is 10.1 Å². The van der Waals surface area contributed by atoms with Crippen LogP contribution in [0.25, 0.3) is 0 Å². The van der Waals surface area contributed by atoms with Gasteiger partial charge < -0.3 is 14.8 Å². The molecule has 0 heterocycles. The number of hydrogen-bond acceptors (Lipinski definition) is 4. The Morgan fingerprint density at radius 1 is 1.55 bits per heavy atom. The first-order valence-corrected chi connectivity index (χ1v) is 6.59. The average Bonchev–Trinajstić information content (AvgIpc) is 2.45. The highest BCUT2D eigenvalue weighted by Gasteiger charge is 2.15. The van der Waals surface area contributed by atoms with E-state index in [1.54, 1.807) is 26.2 Å². The Balaban J connectivity index is 2.51. The predicted molar refractivity (Wildman–Crippen MR) is 75.8 cm³/mol. The van der Waals surface area contributed by atoms with Crippen LogP contribution in [0.4, 0.5) is 0 Å². The third-order valence-electron chi connectivity index (χ3n) is 2.56. The third kappa shape index (κ3) is 5.08. The van der Waals surface area contributed by atoms with Gasteiger partial charge in [0.05, 0.1) is 16.7 Å². The first-order valence-electron chi connectivity index (χ1n) is 6.21. The molecule has 0 saturated heterocycles. The van der Waals surface area contributed by atoms with Crippen LogP contribution in [0.2, 0.25) is 5.02 Å². The van der Waals surface area contributed by atoms with Gasteiger partial charge in [0, 0.05) is 20.3 Å². The molecule has 0 aliphatic rings. The summed E-state index contributed by atoms with van der Waals surface area (Å²) < 4.78 is 10.4. The number of nitrogens with one attached hydrogen (secondary N) is 1. The minimum atomic E-state index is -0.664. The molecule has 0 aliphatic carbocycles. The molecule has 1 rings (SSSR count). The van der Waals surface area contributed by atoms with Crippen molar-refractivity contribution in [1.82, 2.24) is 5.32 Å². The minimum Gasteiger partial charge on any atom is -0.479 e. The van der Waals surface area contributed by atoms with Crippen LogP contribution >= 0.6 is 11.6 Å². The Kier molecular flexibility index (Phi) is 6.85. The van der Waals surface area contributed by atoms with Gasteiger partial charge in [0.2, 0.25) is 0 Å². The van der Waals surface area contributed by atoms with Gasteiger partial charge in [-0.1, -0.05) is 11.6 Å². The van der Waals surface area contributed by atoms with E-state index >= 15 is 0 Å². The summed E-state index contributed by atoms with van der Waals surface area (Å²) in [5.74, 6) is 0.159. The fourth-order valence-electron chi connectivity index (χ4n) is 1.48. The van der Waals surface area contributed by atoms with Crippen molar-refractivity contribution in [3.05, 3.63) is 28.8 Å². The van der Waals surface area contributed by atoms with Crippen molar-refractivity contribution in [1.29, 1.82) is 5.26 Å². The van der Waals surface area contributed by atoms with Crippen LogP contribution in [0.1, 0.15) is 18.9 Å². The predicted octanol–water partition coefficient (Wildman–Crippen LogP) is 2.13. The maximum absolute atomic E-state index is 11.8. The zero-order valence-corrected chi connectivity index (χ0v) is 12.2. The fourth-order valence-corrected chi connectivity index (χ4v) is 1.71. The number of nitrogens with zero attached hydrogens (tertiary/aromatic N) is 1. The van der Waals surface area contributed by atoms with E-state index < -0.39 is 6.10 Å². The molecule has 5 nitrogen and oxygen atoms in total. The summed E-state index contributed by atoms with van der Waals surface area (Å²) in [6, 6.07) is 6.65. The number of carbonyl (C=O) groups excluding carboxylic acids is 1. The van der Waals surface area contributed by atoms with Crippen LogP contribution in [-0.4, -0.2) is 32.3 Å². The van der Waals surface area contributed by atoms with Crippen LogP contribution in [0, 0.1) is 11.3 Å². The van der Waals surface area contributed by atoms with Gasteiger partial charge in [0.15, 0.2) is 6.10 Å². The van der Waals surface area contributed by atoms with Gasteiger partial charge in [-0.3, -0.25) is 4.79 Å². The highest BCUT2D eigenvalue weighted by Crippen LogP contribution is 2.26. The van der Waals surface area contributed by atoms with Crippen LogP contribution in [0.5, 0.6) is 5.75 Å². The van der Waals surface area contributed by atoms with Crippen molar-refractivity contribution in [2.75, 3.05) is 20.3 Å². The van der Waals surface area contributed by atoms with Gasteiger partial charge in [-0.15, -0.1) is 0 Å². The molecule has 6 heteroatoms. The summed E-state index contributed by atoms with van der Waals surface area (Å²) in [7, 11) is 1.61. The molecule has 1 atom stereocenters. The standard InChI is InChI=1S/C14H17ClN2O3/c1-10(14(18)17-6-3-7-19-2)20-13-5-4-11(9-16)8-12(13)15/h4-5,8,10H,3,6-7H2,1-2H3,(H,17,18). The first kappa shape index (κ1) is 16.3. The zero-order valence-electron chi connectivity index (χ0n) is 11.5. The Morgan fingerprint density at radius 3 is 2.90 bits per heavy atom. The number of benzene rings is 1. The summed E-state index contributed by atoms with van der Waals surface area (Å²) in [6.45, 7) is 2.76. The number of ether oxygens (including phenoxy) is 2. The summed E-state index contributed by atoms with van der Waals surface area (Å²) in [5.41, 5.74) is 0.444. The van der Waals surface area contributed by atoms with Crippen molar-refractivity contribution >= 4 is 17.5 Å². The van der Waals surface area contributed by atoms with Gasteiger partial charge in [-0.25, -0.2) is 0 Å². The second kappa shape index (κ2) is 8.41. The van der Waals surface area contributed by atoms with Gasteiger partial charge in [-0.2, -0.15) is 5.26 Å². The Labute approximate surface area is 123 Å². The molecule has 0 bridgehead atoms. The Morgan fingerprint density at radius 2 is 2.30 bits per heavy atom. The summed E-state index contributed by atoms with van der Waals surface area (Å²) in [6.07, 6.45) is 0.0787. The van der Waals surface area contributed by atoms with Crippen LogP contribution in [0.3, 0.4) is 0 Å². The lowest BCUT2D eigenvalue weighted by atomic mass is 10.2. The average molecular weight is 297 g/mol. The highest BCUT2D eigenvalue weighted by atomic mass is 35.5. The molecule has 1 aromatic rings. The molecule has 0 radical (unpaired) electrons. The number of rotatable bonds is 7. The van der Waals surface area contributed by atoms with E-state index in [1.807, 2.05) is 6.07 Å². The minimum absolute atomic E-state index is 0.221. The topological polar surface area (TPSA) is 71.3 Å². The molecule has 1 unspecified atom stereocenters. The molecule has 108 valence electrons. The molecule has 0 aliphatic heterocycles. The third-order valence-corrected chi connectivity index (χ3v) is 2.85. The van der Waals surface area contributed by atoms with E-state index in [0.29, 0.717) is 29.5 Å². The second-order valence-electron chi connectivity index (χ2n) is 4.15. The van der Waals surface area contributed by atoms with Gasteiger partial charge in [-0.05, 0) is 31.5 Å². The van der Waals surface area contributed by atoms with Gasteiger partial charge in [0.25, 0.3) is 5.91 Å². The molecule has 1 aromatic carbocycles. The lowest BCUT2D eigenvalue weighted by Gasteiger charge is -2.15. The van der Waals surface area contributed by atoms with E-state index in [9.17, 15) is 4.79 Å². The maximum Gasteiger partial charge on any atom is 0.260 e. The van der Waals surface area contributed by atoms with E-state index in [4.69, 9.17) is 26.3 Å². The van der Waals surface area contributed by atoms with Crippen molar-refractivity contribution < 1.29 is 14.3 Å². The van der Waals surface area contributed by atoms with Crippen LogP contribution in [0.15, 0.2) is 18.2 Å². The number of carbonyl (C=O) groups is 1. The molecular formula is C14H17ClN2O3.